The number of benzene rings is 1. The first-order valence-electron chi connectivity index (χ1n) is 6.07. The van der Waals surface area contributed by atoms with Crippen LogP contribution in [0.5, 0.6) is 0 Å². The van der Waals surface area contributed by atoms with Crippen LogP contribution in [0.15, 0.2) is 23.1 Å². The summed E-state index contributed by atoms with van der Waals surface area (Å²) < 4.78 is 29.6. The quantitative estimate of drug-likeness (QED) is 0.841. The highest BCUT2D eigenvalue weighted by atomic mass is 35.5. The van der Waals surface area contributed by atoms with E-state index in [4.69, 9.17) is 22.1 Å². The first-order chi connectivity index (χ1) is 8.99. The van der Waals surface area contributed by atoms with E-state index in [9.17, 15) is 8.42 Å². The Hall–Kier alpha value is -0.820. The number of hydrogen-bond acceptors (Lipinski definition) is 5. The van der Waals surface area contributed by atoms with E-state index in [0.717, 1.165) is 13.1 Å². The standard InChI is InChI=1S/C12H17ClN2O3S/c13-11-9-10(1-2-12(11)14)19(16,17)8-5-15-3-6-18-7-4-15/h1-2,9H,3-8,14H2. The number of sulfone groups is 1. The Labute approximate surface area is 118 Å². The maximum absolute atomic E-state index is 12.2. The summed E-state index contributed by atoms with van der Waals surface area (Å²) in [5, 5.41) is 0.271. The summed E-state index contributed by atoms with van der Waals surface area (Å²) in [6.45, 7) is 3.38. The topological polar surface area (TPSA) is 72.6 Å². The molecule has 1 heterocycles. The predicted octanol–water partition coefficient (Wildman–Crippen LogP) is 1.03. The summed E-state index contributed by atoms with van der Waals surface area (Å²) in [4.78, 5) is 2.31. The van der Waals surface area contributed by atoms with Crippen molar-refractivity contribution in [2.45, 2.75) is 4.90 Å². The summed E-state index contributed by atoms with van der Waals surface area (Å²) in [6.07, 6.45) is 0. The number of hydrogen-bond donors (Lipinski definition) is 1. The Bertz CT molecular complexity index is 542. The molecule has 1 saturated heterocycles. The van der Waals surface area contributed by atoms with Gasteiger partial charge in [-0.25, -0.2) is 8.42 Å². The van der Waals surface area contributed by atoms with Crippen molar-refractivity contribution in [1.82, 2.24) is 4.90 Å². The molecule has 0 saturated carbocycles. The van der Waals surface area contributed by atoms with E-state index in [1.165, 1.54) is 18.2 Å². The van der Waals surface area contributed by atoms with Gasteiger partial charge in [0.15, 0.2) is 9.84 Å². The Morgan fingerprint density at radius 3 is 2.63 bits per heavy atom. The van der Waals surface area contributed by atoms with Crippen molar-refractivity contribution in [3.63, 3.8) is 0 Å². The highest BCUT2D eigenvalue weighted by Gasteiger charge is 2.18. The summed E-state index contributed by atoms with van der Waals surface area (Å²) in [5.74, 6) is 0.0766. The summed E-state index contributed by atoms with van der Waals surface area (Å²) in [7, 11) is -3.32. The van der Waals surface area contributed by atoms with Crippen molar-refractivity contribution in [2.24, 2.45) is 0 Å². The van der Waals surface area contributed by atoms with Crippen LogP contribution in [0, 0.1) is 0 Å². The smallest absolute Gasteiger partial charge is 0.179 e. The second kappa shape index (κ2) is 6.09. The molecule has 0 radical (unpaired) electrons. The molecule has 19 heavy (non-hydrogen) atoms. The van der Waals surface area contributed by atoms with Gasteiger partial charge in [0, 0.05) is 19.6 Å². The van der Waals surface area contributed by atoms with Crippen molar-refractivity contribution >= 4 is 27.1 Å². The van der Waals surface area contributed by atoms with Crippen molar-refractivity contribution in [3.8, 4) is 0 Å². The van der Waals surface area contributed by atoms with E-state index >= 15 is 0 Å². The maximum Gasteiger partial charge on any atom is 0.179 e. The van der Waals surface area contributed by atoms with Crippen molar-refractivity contribution < 1.29 is 13.2 Å². The van der Waals surface area contributed by atoms with Gasteiger partial charge in [-0.2, -0.15) is 0 Å². The molecule has 106 valence electrons. The third-order valence-electron chi connectivity index (χ3n) is 3.11. The lowest BCUT2D eigenvalue weighted by molar-refractivity contribution is 0.0408. The van der Waals surface area contributed by atoms with Crippen LogP contribution in [0.2, 0.25) is 5.02 Å². The minimum atomic E-state index is -3.32. The van der Waals surface area contributed by atoms with Gasteiger partial charge in [-0.3, -0.25) is 4.90 Å². The van der Waals surface area contributed by atoms with E-state index in [-0.39, 0.29) is 15.7 Å². The number of nitrogens with two attached hydrogens (primary N) is 1. The van der Waals surface area contributed by atoms with Crippen LogP contribution >= 0.6 is 11.6 Å². The second-order valence-electron chi connectivity index (χ2n) is 4.46. The monoisotopic (exact) mass is 304 g/mol. The molecule has 1 aromatic rings. The van der Waals surface area contributed by atoms with Crippen LogP contribution in [0.25, 0.3) is 0 Å². The van der Waals surface area contributed by atoms with Crippen molar-refractivity contribution in [3.05, 3.63) is 23.2 Å². The van der Waals surface area contributed by atoms with Crippen LogP contribution in [-0.2, 0) is 14.6 Å². The van der Waals surface area contributed by atoms with Gasteiger partial charge in [-0.1, -0.05) is 11.6 Å². The largest absolute Gasteiger partial charge is 0.398 e. The van der Waals surface area contributed by atoms with Crippen LogP contribution in [-0.4, -0.2) is 51.9 Å². The van der Waals surface area contributed by atoms with E-state index < -0.39 is 9.84 Å². The molecule has 2 rings (SSSR count). The number of rotatable bonds is 4. The van der Waals surface area contributed by atoms with Gasteiger partial charge in [-0.05, 0) is 18.2 Å². The van der Waals surface area contributed by atoms with Crippen LogP contribution in [0.3, 0.4) is 0 Å². The van der Waals surface area contributed by atoms with Crippen molar-refractivity contribution in [1.29, 1.82) is 0 Å². The van der Waals surface area contributed by atoms with Crippen LogP contribution in [0.1, 0.15) is 0 Å². The van der Waals surface area contributed by atoms with Gasteiger partial charge in [0.25, 0.3) is 0 Å². The SMILES string of the molecule is Nc1ccc(S(=O)(=O)CCN2CCOCC2)cc1Cl. The number of halogens is 1. The molecule has 1 aromatic carbocycles. The zero-order valence-electron chi connectivity index (χ0n) is 10.5. The van der Waals surface area contributed by atoms with Crippen molar-refractivity contribution in [2.75, 3.05) is 44.3 Å². The van der Waals surface area contributed by atoms with E-state index in [1.54, 1.807) is 0 Å². The number of nitrogen functional groups attached to an aromatic ring is 1. The fourth-order valence-electron chi connectivity index (χ4n) is 1.89. The molecule has 2 N–H and O–H groups in total. The molecule has 1 fully saturated rings. The highest BCUT2D eigenvalue weighted by Crippen LogP contribution is 2.23. The van der Waals surface area contributed by atoms with Gasteiger partial charge < -0.3 is 10.5 Å². The lowest BCUT2D eigenvalue weighted by atomic mass is 10.3. The second-order valence-corrected chi connectivity index (χ2v) is 6.97. The molecule has 0 spiro atoms. The summed E-state index contributed by atoms with van der Waals surface area (Å²) in [6, 6.07) is 4.42. The molecule has 0 amide bonds. The summed E-state index contributed by atoms with van der Waals surface area (Å²) in [5.41, 5.74) is 5.96. The Morgan fingerprint density at radius 1 is 1.32 bits per heavy atom. The predicted molar refractivity (Wildman–Crippen MR) is 75.2 cm³/mol. The van der Waals surface area contributed by atoms with Gasteiger partial charge in [0.05, 0.1) is 34.6 Å². The molecular formula is C12H17ClN2O3S. The van der Waals surface area contributed by atoms with E-state index in [2.05, 4.69) is 4.90 Å². The number of nitrogens with zero attached hydrogens (tertiary/aromatic N) is 1. The molecule has 0 aliphatic carbocycles. The Kier molecular flexibility index (Phi) is 4.67. The first kappa shape index (κ1) is 14.6. The highest BCUT2D eigenvalue weighted by molar-refractivity contribution is 7.91. The molecular weight excluding hydrogens is 288 g/mol. The zero-order chi connectivity index (χ0) is 13.9. The first-order valence-corrected chi connectivity index (χ1v) is 8.10. The fraction of sp³-hybridized carbons (Fsp3) is 0.500. The zero-order valence-corrected chi connectivity index (χ0v) is 12.1. The minimum Gasteiger partial charge on any atom is -0.398 e. The fourth-order valence-corrected chi connectivity index (χ4v) is 3.45. The number of morpholine rings is 1. The van der Waals surface area contributed by atoms with Gasteiger partial charge in [0.1, 0.15) is 0 Å². The maximum atomic E-state index is 12.2. The molecule has 7 heteroatoms. The molecule has 0 bridgehead atoms. The molecule has 1 aliphatic rings. The molecule has 0 unspecified atom stereocenters. The lowest BCUT2D eigenvalue weighted by Crippen LogP contribution is -2.39. The molecule has 0 aromatic heterocycles. The van der Waals surface area contributed by atoms with Crippen LogP contribution in [0.4, 0.5) is 5.69 Å². The number of ether oxygens (including phenoxy) is 1. The lowest BCUT2D eigenvalue weighted by Gasteiger charge is -2.26. The Balaban J connectivity index is 2.02. The molecule has 5 nitrogen and oxygen atoms in total. The normalized spacial score (nSPS) is 17.5. The van der Waals surface area contributed by atoms with Gasteiger partial charge in [-0.15, -0.1) is 0 Å². The summed E-state index contributed by atoms with van der Waals surface area (Å²) >= 11 is 5.85. The van der Waals surface area contributed by atoms with Gasteiger partial charge in [0.2, 0.25) is 0 Å². The third-order valence-corrected chi connectivity index (χ3v) is 5.13. The Morgan fingerprint density at radius 2 is 2.00 bits per heavy atom. The van der Waals surface area contributed by atoms with E-state index in [0.29, 0.717) is 25.4 Å². The van der Waals surface area contributed by atoms with Gasteiger partial charge >= 0.3 is 0 Å². The minimum absolute atomic E-state index is 0.0766. The average molecular weight is 305 g/mol. The van der Waals surface area contributed by atoms with E-state index in [1.807, 2.05) is 0 Å². The molecule has 1 aliphatic heterocycles. The molecule has 0 atom stereocenters. The number of anilines is 1. The van der Waals surface area contributed by atoms with Crippen LogP contribution < -0.4 is 5.73 Å². The third kappa shape index (κ3) is 3.82. The average Bonchev–Trinajstić information content (AvgIpc) is 2.41.